The van der Waals surface area contributed by atoms with E-state index in [2.05, 4.69) is 15.0 Å². The predicted octanol–water partition coefficient (Wildman–Crippen LogP) is -3.39. The molecule has 140 valence electrons. The number of carbonyl (C=O) groups is 2. The van der Waals surface area contributed by atoms with Crippen LogP contribution in [0.1, 0.15) is 6.42 Å². The third-order valence-corrected chi connectivity index (χ3v) is 3.39. The average molecular weight is 345 g/mol. The molecule has 0 radical (unpaired) electrons. The number of nitrogens with one attached hydrogen (secondary N) is 1. The molecule has 1 unspecified atom stereocenters. The predicted molar refractivity (Wildman–Crippen MR) is 93.5 cm³/mol. The number of aliphatic imine (C=N–C) groups is 1. The topological polar surface area (TPSA) is 175 Å². The highest BCUT2D eigenvalue weighted by molar-refractivity contribution is 5.88. The molecule has 1 atom stereocenters. The van der Waals surface area contributed by atoms with Gasteiger partial charge in [-0.25, -0.2) is 0 Å². The number of amides is 1. The first-order chi connectivity index (χ1) is 11.5. The number of rotatable bonds is 13. The third kappa shape index (κ3) is 8.89. The van der Waals surface area contributed by atoms with E-state index in [1.54, 1.807) is 0 Å². The number of esters is 1. The van der Waals surface area contributed by atoms with Gasteiger partial charge in [-0.1, -0.05) is 0 Å². The maximum absolute atomic E-state index is 12.5. The molecule has 10 nitrogen and oxygen atoms in total. The number of hydrogen-bond donors (Lipinski definition) is 5. The van der Waals surface area contributed by atoms with Gasteiger partial charge in [-0.3, -0.25) is 19.5 Å². The van der Waals surface area contributed by atoms with E-state index >= 15 is 0 Å². The second kappa shape index (κ2) is 13.8. The number of methoxy groups -OCH3 is 1. The molecule has 0 aliphatic carbocycles. The Bertz CT molecular complexity index is 392. The number of ether oxygens (including phenoxy) is 1. The van der Waals surface area contributed by atoms with E-state index in [0.717, 1.165) is 0 Å². The highest BCUT2D eigenvalue weighted by Gasteiger charge is 2.25. The minimum atomic E-state index is -0.553. The van der Waals surface area contributed by atoms with Crippen LogP contribution in [0.2, 0.25) is 0 Å². The molecular formula is C14H31N7O3. The van der Waals surface area contributed by atoms with Gasteiger partial charge in [0.05, 0.1) is 20.1 Å². The van der Waals surface area contributed by atoms with Crippen molar-refractivity contribution in [3.63, 3.8) is 0 Å². The molecule has 0 saturated heterocycles. The SMILES string of the molecule is COC(=O)CCNC(=O)C(CN=C(CN)CN)N(CCN)CCN. The van der Waals surface area contributed by atoms with Crippen molar-refractivity contribution in [2.24, 2.45) is 27.9 Å². The van der Waals surface area contributed by atoms with Crippen molar-refractivity contribution in [1.29, 1.82) is 0 Å². The first kappa shape index (κ1) is 22.4. The van der Waals surface area contributed by atoms with Crippen molar-refractivity contribution in [3.8, 4) is 0 Å². The molecule has 0 aliphatic rings. The molecule has 0 fully saturated rings. The molecule has 9 N–H and O–H groups in total. The molecule has 0 spiro atoms. The summed E-state index contributed by atoms with van der Waals surface area (Å²) in [5, 5.41) is 2.71. The summed E-state index contributed by atoms with van der Waals surface area (Å²) in [6.07, 6.45) is 0.100. The van der Waals surface area contributed by atoms with E-state index in [1.807, 2.05) is 4.90 Å². The van der Waals surface area contributed by atoms with Crippen LogP contribution in [0.25, 0.3) is 0 Å². The Morgan fingerprint density at radius 3 is 2.17 bits per heavy atom. The lowest BCUT2D eigenvalue weighted by molar-refractivity contribution is -0.140. The zero-order chi connectivity index (χ0) is 18.4. The van der Waals surface area contributed by atoms with E-state index in [1.165, 1.54) is 7.11 Å². The van der Waals surface area contributed by atoms with Gasteiger partial charge in [-0.05, 0) is 0 Å². The van der Waals surface area contributed by atoms with Gasteiger partial charge in [0.1, 0.15) is 6.04 Å². The lowest BCUT2D eigenvalue weighted by Crippen LogP contribution is -2.52. The third-order valence-electron chi connectivity index (χ3n) is 3.39. The van der Waals surface area contributed by atoms with Gasteiger partial charge in [-0.2, -0.15) is 0 Å². The fourth-order valence-corrected chi connectivity index (χ4v) is 2.05. The van der Waals surface area contributed by atoms with Gasteiger partial charge in [-0.15, -0.1) is 0 Å². The number of nitrogens with zero attached hydrogens (tertiary/aromatic N) is 2. The van der Waals surface area contributed by atoms with Gasteiger partial charge in [0.25, 0.3) is 0 Å². The lowest BCUT2D eigenvalue weighted by Gasteiger charge is -2.29. The maximum Gasteiger partial charge on any atom is 0.307 e. The summed E-state index contributed by atoms with van der Waals surface area (Å²) in [6.45, 7) is 2.64. The fourth-order valence-electron chi connectivity index (χ4n) is 2.05. The Kier molecular flexibility index (Phi) is 12.9. The van der Waals surface area contributed by atoms with Gasteiger partial charge in [0, 0.05) is 51.5 Å². The molecule has 0 heterocycles. The Hall–Kier alpha value is -1.59. The van der Waals surface area contributed by atoms with E-state index in [9.17, 15) is 9.59 Å². The van der Waals surface area contributed by atoms with Gasteiger partial charge in [0.2, 0.25) is 5.91 Å². The molecule has 0 aliphatic heterocycles. The average Bonchev–Trinajstić information content (AvgIpc) is 2.58. The standard InChI is InChI=1S/C14H31N7O3/c1-24-13(22)2-5-19-14(23)12(10-20-11(8-17)9-18)21(6-3-15)7-4-16/h12H,2-10,15-18H2,1H3,(H,19,23). The number of nitrogens with two attached hydrogens (primary N) is 4. The van der Waals surface area contributed by atoms with Crippen LogP contribution in [0.3, 0.4) is 0 Å². The minimum Gasteiger partial charge on any atom is -0.469 e. The zero-order valence-electron chi connectivity index (χ0n) is 14.4. The largest absolute Gasteiger partial charge is 0.469 e. The first-order valence-electron chi connectivity index (χ1n) is 7.95. The molecule has 24 heavy (non-hydrogen) atoms. The zero-order valence-corrected chi connectivity index (χ0v) is 14.4. The second-order valence-electron chi connectivity index (χ2n) is 5.06. The Labute approximate surface area is 142 Å². The van der Waals surface area contributed by atoms with Crippen LogP contribution in [-0.2, 0) is 14.3 Å². The lowest BCUT2D eigenvalue weighted by atomic mass is 10.2. The minimum absolute atomic E-state index is 0.100. The van der Waals surface area contributed by atoms with Gasteiger partial charge in [0.15, 0.2) is 0 Å². The smallest absolute Gasteiger partial charge is 0.307 e. The molecule has 0 bridgehead atoms. The quantitative estimate of drug-likeness (QED) is 0.170. The van der Waals surface area contributed by atoms with Crippen molar-refractivity contribution in [3.05, 3.63) is 0 Å². The number of carbonyl (C=O) groups excluding carboxylic acids is 2. The molecule has 0 aromatic rings. The van der Waals surface area contributed by atoms with Crippen LogP contribution in [-0.4, -0.2) is 88.0 Å². The van der Waals surface area contributed by atoms with Crippen LogP contribution >= 0.6 is 0 Å². The van der Waals surface area contributed by atoms with Crippen molar-refractivity contribution >= 4 is 17.6 Å². The van der Waals surface area contributed by atoms with E-state index in [-0.39, 0.29) is 44.5 Å². The molecule has 10 heteroatoms. The molecular weight excluding hydrogens is 314 g/mol. The van der Waals surface area contributed by atoms with Crippen molar-refractivity contribution < 1.29 is 14.3 Å². The summed E-state index contributed by atoms with van der Waals surface area (Å²) in [6, 6.07) is -0.553. The summed E-state index contributed by atoms with van der Waals surface area (Å²) in [7, 11) is 1.30. The van der Waals surface area contributed by atoms with E-state index < -0.39 is 6.04 Å². The van der Waals surface area contributed by atoms with Crippen molar-refractivity contribution in [2.75, 3.05) is 59.5 Å². The highest BCUT2D eigenvalue weighted by Crippen LogP contribution is 2.01. The Morgan fingerprint density at radius 2 is 1.71 bits per heavy atom. The fraction of sp³-hybridized carbons (Fsp3) is 0.786. The van der Waals surface area contributed by atoms with Gasteiger partial charge < -0.3 is 33.0 Å². The van der Waals surface area contributed by atoms with Crippen LogP contribution in [0.5, 0.6) is 0 Å². The normalized spacial score (nSPS) is 11.9. The summed E-state index contributed by atoms with van der Waals surface area (Å²) < 4.78 is 4.54. The summed E-state index contributed by atoms with van der Waals surface area (Å²) in [5.74, 6) is -0.642. The monoisotopic (exact) mass is 345 g/mol. The van der Waals surface area contributed by atoms with Crippen molar-refractivity contribution in [1.82, 2.24) is 10.2 Å². The summed E-state index contributed by atoms with van der Waals surface area (Å²) >= 11 is 0. The Morgan fingerprint density at radius 1 is 1.12 bits per heavy atom. The van der Waals surface area contributed by atoms with Crippen molar-refractivity contribution in [2.45, 2.75) is 12.5 Å². The van der Waals surface area contributed by atoms with Crippen LogP contribution < -0.4 is 28.3 Å². The molecule has 0 saturated carbocycles. The molecule has 1 amide bonds. The molecule has 0 aromatic heterocycles. The van der Waals surface area contributed by atoms with E-state index in [4.69, 9.17) is 22.9 Å². The van der Waals surface area contributed by atoms with Crippen LogP contribution in [0, 0.1) is 0 Å². The Balaban J connectivity index is 4.95. The van der Waals surface area contributed by atoms with Crippen LogP contribution in [0.4, 0.5) is 0 Å². The number of hydrogen-bond acceptors (Lipinski definition) is 9. The van der Waals surface area contributed by atoms with E-state index in [0.29, 0.717) is 31.9 Å². The second-order valence-corrected chi connectivity index (χ2v) is 5.06. The molecule has 0 aromatic carbocycles. The highest BCUT2D eigenvalue weighted by atomic mass is 16.5. The first-order valence-corrected chi connectivity index (χ1v) is 7.95. The maximum atomic E-state index is 12.5. The molecule has 0 rings (SSSR count). The summed E-state index contributed by atoms with van der Waals surface area (Å²) in [5.41, 5.74) is 23.0. The van der Waals surface area contributed by atoms with Gasteiger partial charge >= 0.3 is 5.97 Å². The van der Waals surface area contributed by atoms with Crippen LogP contribution in [0.15, 0.2) is 4.99 Å². The summed E-state index contributed by atoms with van der Waals surface area (Å²) in [4.78, 5) is 29.8.